The number of nitrogens with one attached hydrogen (secondary N) is 1. The fraction of sp³-hybridized carbons (Fsp3) is 0.240. The summed E-state index contributed by atoms with van der Waals surface area (Å²) in [6.45, 7) is 4.23. The van der Waals surface area contributed by atoms with Gasteiger partial charge >= 0.3 is 0 Å². The molecule has 0 aliphatic carbocycles. The number of anilines is 1. The number of thiophene rings is 1. The van der Waals surface area contributed by atoms with Crippen LogP contribution in [0.1, 0.15) is 24.8 Å². The quantitative estimate of drug-likeness (QED) is 0.374. The summed E-state index contributed by atoms with van der Waals surface area (Å²) in [5, 5.41) is 8.34. The highest BCUT2D eigenvalue weighted by Gasteiger charge is 2.21. The lowest BCUT2D eigenvalue weighted by molar-refractivity contribution is 0.575. The van der Waals surface area contributed by atoms with Gasteiger partial charge in [-0.25, -0.2) is 9.97 Å². The molecule has 0 unspecified atom stereocenters. The van der Waals surface area contributed by atoms with Gasteiger partial charge in [0.25, 0.3) is 0 Å². The molecule has 2 aromatic carbocycles. The molecule has 0 atom stereocenters. The Morgan fingerprint density at radius 1 is 0.968 bits per heavy atom. The van der Waals surface area contributed by atoms with E-state index in [0.29, 0.717) is 0 Å². The molecule has 6 heteroatoms. The summed E-state index contributed by atoms with van der Waals surface area (Å²) < 4.78 is 1.18. The number of hydrogen-bond donors (Lipinski definition) is 1. The van der Waals surface area contributed by atoms with Crippen LogP contribution >= 0.6 is 11.3 Å². The smallest absolute Gasteiger partial charge is 0.162 e. The fourth-order valence-corrected chi connectivity index (χ4v) is 5.50. The first-order valence-electron chi connectivity index (χ1n) is 10.8. The molecule has 1 fully saturated rings. The van der Waals surface area contributed by atoms with Gasteiger partial charge in [-0.05, 0) is 43.9 Å². The van der Waals surface area contributed by atoms with Crippen molar-refractivity contribution in [3.63, 3.8) is 0 Å². The molecular weight excluding hydrogens is 402 g/mol. The number of aryl methyl sites for hydroxylation is 1. The second kappa shape index (κ2) is 7.46. The molecule has 5 nitrogen and oxygen atoms in total. The summed E-state index contributed by atoms with van der Waals surface area (Å²) in [6.07, 6.45) is 5.60. The van der Waals surface area contributed by atoms with Crippen molar-refractivity contribution >= 4 is 38.3 Å². The summed E-state index contributed by atoms with van der Waals surface area (Å²) in [4.78, 5) is 13.8. The molecule has 154 valence electrons. The third-order valence-corrected chi connectivity index (χ3v) is 7.24. The summed E-state index contributed by atoms with van der Waals surface area (Å²) >= 11 is 1.80. The van der Waals surface area contributed by atoms with E-state index in [0.717, 1.165) is 46.7 Å². The van der Waals surface area contributed by atoms with Gasteiger partial charge in [0.05, 0.1) is 21.9 Å². The number of piperidine rings is 1. The third-order valence-electron chi connectivity index (χ3n) is 6.07. The SMILES string of the molecule is Cc1ccc(-c2cc3nc(-c4cccc5[nH]ncc45)nc(N4CCCCC4)c3s2)cc1. The Bertz CT molecular complexity index is 1380. The predicted octanol–water partition coefficient (Wildman–Crippen LogP) is 6.20. The largest absolute Gasteiger partial charge is 0.355 e. The van der Waals surface area contributed by atoms with Crippen LogP contribution in [0, 0.1) is 6.92 Å². The molecule has 0 bridgehead atoms. The van der Waals surface area contributed by atoms with Crippen molar-refractivity contribution in [3.8, 4) is 21.8 Å². The Morgan fingerprint density at radius 2 is 1.81 bits per heavy atom. The van der Waals surface area contributed by atoms with Gasteiger partial charge in [0.15, 0.2) is 11.6 Å². The minimum absolute atomic E-state index is 0.772. The lowest BCUT2D eigenvalue weighted by atomic mass is 10.1. The van der Waals surface area contributed by atoms with Gasteiger partial charge in [-0.1, -0.05) is 42.0 Å². The number of rotatable bonds is 3. The number of aromatic amines is 1. The number of benzene rings is 2. The van der Waals surface area contributed by atoms with Crippen LogP contribution in [0.3, 0.4) is 0 Å². The van der Waals surface area contributed by atoms with E-state index in [1.807, 2.05) is 18.3 Å². The van der Waals surface area contributed by atoms with Gasteiger partial charge in [0.1, 0.15) is 0 Å². The fourth-order valence-electron chi connectivity index (χ4n) is 4.38. The van der Waals surface area contributed by atoms with Gasteiger partial charge in [-0.3, -0.25) is 5.10 Å². The van der Waals surface area contributed by atoms with Crippen LogP contribution in [0.5, 0.6) is 0 Å². The first kappa shape index (κ1) is 18.5. The number of hydrogen-bond acceptors (Lipinski definition) is 5. The molecule has 0 radical (unpaired) electrons. The molecule has 1 N–H and O–H groups in total. The van der Waals surface area contributed by atoms with E-state index in [-0.39, 0.29) is 0 Å². The molecule has 5 aromatic rings. The topological polar surface area (TPSA) is 57.7 Å². The van der Waals surface area contributed by atoms with Gasteiger partial charge in [-0.2, -0.15) is 5.10 Å². The van der Waals surface area contributed by atoms with Crippen LogP contribution < -0.4 is 4.90 Å². The standard InChI is InChI=1S/C25H23N5S/c1-16-8-10-17(11-9-16)22-14-21-23(31-22)25(30-12-3-2-4-13-30)28-24(27-21)18-6-5-7-20-19(18)15-26-29-20/h5-11,14-15H,2-4,12-13H2,1H3,(H,26,29). The zero-order valence-electron chi connectivity index (χ0n) is 17.4. The number of nitrogens with zero attached hydrogens (tertiary/aromatic N) is 4. The minimum atomic E-state index is 0.772. The summed E-state index contributed by atoms with van der Waals surface area (Å²) in [5.74, 6) is 1.84. The first-order valence-corrected chi connectivity index (χ1v) is 11.6. The monoisotopic (exact) mass is 425 g/mol. The maximum atomic E-state index is 5.13. The molecule has 1 aliphatic heterocycles. The summed E-state index contributed by atoms with van der Waals surface area (Å²) in [6, 6.07) is 17.1. The van der Waals surface area contributed by atoms with Crippen LogP contribution in [0.4, 0.5) is 5.82 Å². The molecular formula is C25H23N5S. The summed E-state index contributed by atoms with van der Waals surface area (Å²) in [5.41, 5.74) is 5.55. The van der Waals surface area contributed by atoms with Crippen LogP contribution in [0.25, 0.3) is 42.9 Å². The van der Waals surface area contributed by atoms with Crippen LogP contribution in [0.2, 0.25) is 0 Å². The van der Waals surface area contributed by atoms with Gasteiger partial charge in [0.2, 0.25) is 0 Å². The van der Waals surface area contributed by atoms with E-state index >= 15 is 0 Å². The molecule has 3 aromatic heterocycles. The first-order chi connectivity index (χ1) is 15.3. The second-order valence-electron chi connectivity index (χ2n) is 8.25. The van der Waals surface area contributed by atoms with Crippen molar-refractivity contribution < 1.29 is 0 Å². The average molecular weight is 426 g/mol. The summed E-state index contributed by atoms with van der Waals surface area (Å²) in [7, 11) is 0. The Hall–Kier alpha value is -3.25. The highest BCUT2D eigenvalue weighted by atomic mass is 32.1. The zero-order chi connectivity index (χ0) is 20.8. The Morgan fingerprint density at radius 3 is 2.65 bits per heavy atom. The molecule has 6 rings (SSSR count). The van der Waals surface area contributed by atoms with Crippen LogP contribution in [-0.4, -0.2) is 33.3 Å². The van der Waals surface area contributed by atoms with E-state index < -0.39 is 0 Å². The molecule has 0 saturated carbocycles. The van der Waals surface area contributed by atoms with Crippen molar-refractivity contribution in [2.24, 2.45) is 0 Å². The number of H-pyrrole nitrogens is 1. The third kappa shape index (κ3) is 3.27. The maximum Gasteiger partial charge on any atom is 0.162 e. The molecule has 31 heavy (non-hydrogen) atoms. The molecule has 1 aliphatic rings. The van der Waals surface area contributed by atoms with Gasteiger partial charge < -0.3 is 4.90 Å². The second-order valence-corrected chi connectivity index (χ2v) is 9.30. The number of aromatic nitrogens is 4. The van der Waals surface area contributed by atoms with Gasteiger partial charge in [-0.15, -0.1) is 11.3 Å². The Labute approximate surface area is 184 Å². The lowest BCUT2D eigenvalue weighted by Gasteiger charge is -2.28. The Kier molecular flexibility index (Phi) is 4.46. The van der Waals surface area contributed by atoms with Crippen LogP contribution in [-0.2, 0) is 0 Å². The van der Waals surface area contributed by atoms with Crippen molar-refractivity contribution in [2.45, 2.75) is 26.2 Å². The van der Waals surface area contributed by atoms with Crippen LogP contribution in [0.15, 0.2) is 54.7 Å². The molecule has 4 heterocycles. The highest BCUT2D eigenvalue weighted by Crippen LogP contribution is 2.40. The van der Waals surface area contributed by atoms with E-state index in [9.17, 15) is 0 Å². The van der Waals surface area contributed by atoms with Crippen molar-refractivity contribution in [2.75, 3.05) is 18.0 Å². The number of fused-ring (bicyclic) bond motifs is 2. The van der Waals surface area contributed by atoms with E-state index in [4.69, 9.17) is 9.97 Å². The normalized spacial score (nSPS) is 14.5. The van der Waals surface area contributed by atoms with Gasteiger partial charge in [0, 0.05) is 28.9 Å². The van der Waals surface area contributed by atoms with Crippen molar-refractivity contribution in [1.29, 1.82) is 0 Å². The Balaban J connectivity index is 1.56. The predicted molar refractivity (Wildman–Crippen MR) is 129 cm³/mol. The van der Waals surface area contributed by atoms with E-state index in [2.05, 4.69) is 58.4 Å². The highest BCUT2D eigenvalue weighted by molar-refractivity contribution is 7.22. The van der Waals surface area contributed by atoms with Crippen molar-refractivity contribution in [3.05, 3.63) is 60.3 Å². The molecule has 0 amide bonds. The lowest BCUT2D eigenvalue weighted by Crippen LogP contribution is -2.30. The molecule has 0 spiro atoms. The zero-order valence-corrected chi connectivity index (χ0v) is 18.2. The van der Waals surface area contributed by atoms with Crippen molar-refractivity contribution in [1.82, 2.24) is 20.2 Å². The average Bonchev–Trinajstić information content (AvgIpc) is 3.46. The van der Waals surface area contributed by atoms with E-state index in [1.165, 1.54) is 40.0 Å². The van der Waals surface area contributed by atoms with E-state index in [1.54, 1.807) is 11.3 Å². The molecule has 1 saturated heterocycles. The minimum Gasteiger partial charge on any atom is -0.355 e. The maximum absolute atomic E-state index is 5.13.